The first kappa shape index (κ1) is 18.1. The van der Waals surface area contributed by atoms with Crippen LogP contribution in [0, 0.1) is 13.8 Å². The van der Waals surface area contributed by atoms with Crippen LogP contribution in [0.15, 0.2) is 42.5 Å². The van der Waals surface area contributed by atoms with Gasteiger partial charge in [0.2, 0.25) is 0 Å². The Morgan fingerprint density at radius 3 is 2.18 bits per heavy atom. The highest BCUT2D eigenvalue weighted by molar-refractivity contribution is 8.11. The largest absolute Gasteiger partial charge is 0.496 e. The van der Waals surface area contributed by atoms with E-state index in [1.54, 1.807) is 13.4 Å². The first-order chi connectivity index (χ1) is 10.6. The van der Waals surface area contributed by atoms with Gasteiger partial charge >= 0.3 is 0 Å². The topological polar surface area (TPSA) is 35.5 Å². The van der Waals surface area contributed by atoms with Crippen molar-refractivity contribution in [3.63, 3.8) is 0 Å². The van der Waals surface area contributed by atoms with E-state index < -0.39 is 0 Å². The fraction of sp³-hybridized carbons (Fsp3) is 0.278. The summed E-state index contributed by atoms with van der Waals surface area (Å²) in [7, 11) is 1.69. The van der Waals surface area contributed by atoms with Crippen LogP contribution >= 0.6 is 11.8 Å². The van der Waals surface area contributed by atoms with Crippen LogP contribution in [0.5, 0.6) is 11.5 Å². The summed E-state index contributed by atoms with van der Waals surface area (Å²) in [5, 5.41) is 0. The zero-order valence-electron chi connectivity index (χ0n) is 13.5. The van der Waals surface area contributed by atoms with Crippen LogP contribution < -0.4 is 9.47 Å². The van der Waals surface area contributed by atoms with Crippen molar-refractivity contribution in [2.24, 2.45) is 0 Å². The van der Waals surface area contributed by atoms with Gasteiger partial charge in [0.05, 0.1) is 7.11 Å². The summed E-state index contributed by atoms with van der Waals surface area (Å²) in [4.78, 5) is 9.14. The molecule has 0 spiro atoms. The maximum absolute atomic E-state index is 9.14. The molecule has 0 saturated heterocycles. The summed E-state index contributed by atoms with van der Waals surface area (Å²) in [5.74, 6) is 1.80. The molecule has 0 radical (unpaired) electrons. The van der Waals surface area contributed by atoms with Crippen LogP contribution in [0.2, 0.25) is 0 Å². The van der Waals surface area contributed by atoms with Gasteiger partial charge in [0.1, 0.15) is 18.1 Å². The van der Waals surface area contributed by atoms with Crippen molar-refractivity contribution >= 4 is 17.4 Å². The van der Waals surface area contributed by atoms with Crippen molar-refractivity contribution in [3.8, 4) is 11.5 Å². The van der Waals surface area contributed by atoms with Gasteiger partial charge in [-0.15, -0.1) is 0 Å². The zero-order valence-corrected chi connectivity index (χ0v) is 14.3. The smallest absolute Gasteiger partial charge is 0.175 e. The fourth-order valence-electron chi connectivity index (χ4n) is 1.92. The van der Waals surface area contributed by atoms with Crippen LogP contribution in [-0.4, -0.2) is 19.0 Å². The van der Waals surface area contributed by atoms with Crippen molar-refractivity contribution in [2.45, 2.75) is 20.5 Å². The lowest BCUT2D eigenvalue weighted by molar-refractivity contribution is 0.294. The molecule has 0 aromatic heterocycles. The minimum atomic E-state index is 0.528. The van der Waals surface area contributed by atoms with Crippen molar-refractivity contribution in [1.29, 1.82) is 0 Å². The Morgan fingerprint density at radius 1 is 1.00 bits per heavy atom. The highest BCUT2D eigenvalue weighted by Gasteiger charge is 2.07. The van der Waals surface area contributed by atoms with Gasteiger partial charge in [-0.05, 0) is 43.4 Å². The number of rotatable bonds is 5. The van der Waals surface area contributed by atoms with Gasteiger partial charge in [-0.2, -0.15) is 0 Å². The van der Waals surface area contributed by atoms with Crippen molar-refractivity contribution < 1.29 is 14.3 Å². The number of aryl methyl sites for hydroxylation is 2. The molecule has 22 heavy (non-hydrogen) atoms. The molecule has 0 heterocycles. The molecular weight excluding hydrogens is 296 g/mol. The Balaban J connectivity index is 0.000000541. The molecule has 0 atom stereocenters. The molecule has 0 N–H and O–H groups in total. The summed E-state index contributed by atoms with van der Waals surface area (Å²) >= 11 is 1.18. The highest BCUT2D eigenvalue weighted by Crippen LogP contribution is 2.24. The maximum atomic E-state index is 9.14. The Labute approximate surface area is 136 Å². The average molecular weight is 318 g/mol. The molecule has 0 aliphatic heterocycles. The Hall–Kier alpha value is -1.94. The second kappa shape index (κ2) is 9.90. The number of carbonyl (C=O) groups is 1. The number of carbonyl (C=O) groups excluding carboxylic acids is 1. The van der Waals surface area contributed by atoms with Crippen molar-refractivity contribution in [1.82, 2.24) is 0 Å². The molecule has 3 nitrogen and oxygen atoms in total. The summed E-state index contributed by atoms with van der Waals surface area (Å²) in [5.41, 5.74) is 4.22. The monoisotopic (exact) mass is 318 g/mol. The van der Waals surface area contributed by atoms with E-state index >= 15 is 0 Å². The maximum Gasteiger partial charge on any atom is 0.175 e. The molecule has 0 bridgehead atoms. The number of hydrogen-bond donors (Lipinski definition) is 0. The molecular formula is C18H22O3S. The number of para-hydroxylation sites is 1. The predicted molar refractivity (Wildman–Crippen MR) is 93.5 cm³/mol. The van der Waals surface area contributed by atoms with E-state index in [1.807, 2.05) is 43.3 Å². The van der Waals surface area contributed by atoms with Gasteiger partial charge < -0.3 is 9.47 Å². The fourth-order valence-corrected chi connectivity index (χ4v) is 1.92. The van der Waals surface area contributed by atoms with Crippen molar-refractivity contribution in [2.75, 3.05) is 13.4 Å². The second-order valence-corrected chi connectivity index (χ2v) is 5.31. The minimum absolute atomic E-state index is 0.528. The van der Waals surface area contributed by atoms with E-state index in [2.05, 4.69) is 13.0 Å². The molecule has 0 amide bonds. The van der Waals surface area contributed by atoms with E-state index in [0.29, 0.717) is 6.61 Å². The second-order valence-electron chi connectivity index (χ2n) is 4.64. The molecule has 0 aliphatic carbocycles. The Bertz CT molecular complexity index is 597. The van der Waals surface area contributed by atoms with Crippen LogP contribution in [-0.2, 0) is 11.4 Å². The number of methoxy groups -OCH3 is 1. The average Bonchev–Trinajstić information content (AvgIpc) is 2.55. The van der Waals surface area contributed by atoms with Crippen LogP contribution in [0.4, 0.5) is 0 Å². The minimum Gasteiger partial charge on any atom is -0.496 e. The standard InChI is InChI=1S/C16H18O2.C2H4OS/c1-12-8-6-10-16(17-3)14(12)11-18-15-9-5-4-7-13(15)2;1-4-2-3/h4-10H,11H2,1-3H3;2H,1H3. The summed E-state index contributed by atoms with van der Waals surface area (Å²) in [6, 6.07) is 14.0. The summed E-state index contributed by atoms with van der Waals surface area (Å²) in [6.45, 7) is 4.64. The first-order valence-corrected chi connectivity index (χ1v) is 8.20. The molecule has 4 heteroatoms. The Kier molecular flexibility index (Phi) is 8.15. The third-order valence-electron chi connectivity index (χ3n) is 3.15. The van der Waals surface area contributed by atoms with Gasteiger partial charge in [0.25, 0.3) is 0 Å². The van der Waals surface area contributed by atoms with Gasteiger partial charge in [0, 0.05) is 5.56 Å². The number of ether oxygens (including phenoxy) is 2. The SMILES string of the molecule is COc1cccc(C)c1COc1ccccc1C.CSC=O. The number of thioether (sulfide) groups is 1. The molecule has 2 aromatic rings. The lowest BCUT2D eigenvalue weighted by atomic mass is 10.1. The van der Waals surface area contributed by atoms with Gasteiger partial charge in [0.15, 0.2) is 5.62 Å². The Morgan fingerprint density at radius 2 is 1.59 bits per heavy atom. The van der Waals surface area contributed by atoms with Crippen LogP contribution in [0.25, 0.3) is 0 Å². The molecule has 118 valence electrons. The predicted octanol–water partition coefficient (Wildman–Crippen LogP) is 4.43. The summed E-state index contributed by atoms with van der Waals surface area (Å²) < 4.78 is 11.2. The van der Waals surface area contributed by atoms with E-state index in [0.717, 1.165) is 28.2 Å². The molecule has 2 rings (SSSR count). The van der Waals surface area contributed by atoms with Crippen LogP contribution in [0.3, 0.4) is 0 Å². The molecule has 0 aliphatic rings. The first-order valence-electron chi connectivity index (χ1n) is 6.91. The lowest BCUT2D eigenvalue weighted by Gasteiger charge is -2.13. The number of hydrogen-bond acceptors (Lipinski definition) is 4. The molecule has 0 fully saturated rings. The molecule has 0 saturated carbocycles. The van der Waals surface area contributed by atoms with Gasteiger partial charge in [-0.1, -0.05) is 42.1 Å². The third-order valence-corrected chi connectivity index (χ3v) is 3.34. The quantitative estimate of drug-likeness (QED) is 0.764. The zero-order chi connectivity index (χ0) is 16.4. The normalized spacial score (nSPS) is 9.45. The lowest BCUT2D eigenvalue weighted by Crippen LogP contribution is -2.01. The van der Waals surface area contributed by atoms with E-state index in [9.17, 15) is 0 Å². The molecule has 0 unspecified atom stereocenters. The van der Waals surface area contributed by atoms with Gasteiger partial charge in [-0.3, -0.25) is 4.79 Å². The molecule has 2 aromatic carbocycles. The van der Waals surface area contributed by atoms with Crippen LogP contribution in [0.1, 0.15) is 16.7 Å². The van der Waals surface area contributed by atoms with Gasteiger partial charge in [-0.25, -0.2) is 0 Å². The third kappa shape index (κ3) is 5.45. The summed E-state index contributed by atoms with van der Waals surface area (Å²) in [6.07, 6.45) is 1.73. The van der Waals surface area contributed by atoms with E-state index in [1.165, 1.54) is 17.3 Å². The van der Waals surface area contributed by atoms with Crippen molar-refractivity contribution in [3.05, 3.63) is 59.2 Å². The van der Waals surface area contributed by atoms with E-state index in [-0.39, 0.29) is 0 Å². The van der Waals surface area contributed by atoms with E-state index in [4.69, 9.17) is 14.3 Å². The number of benzene rings is 2. The highest BCUT2D eigenvalue weighted by atomic mass is 32.2.